The number of hydrogen-bond donors (Lipinski definition) is 0. The fraction of sp³-hybridized carbons (Fsp3) is 0. The van der Waals surface area contributed by atoms with Crippen molar-refractivity contribution in [1.29, 1.82) is 0 Å². The van der Waals surface area contributed by atoms with Crippen molar-refractivity contribution in [3.05, 3.63) is 246 Å². The number of rotatable bonds is 7. The molecule has 5 heteroatoms. The molecule has 306 valence electrons. The summed E-state index contributed by atoms with van der Waals surface area (Å²) >= 11 is 2.33. The zero-order chi connectivity index (χ0) is 57.0. The fourth-order valence-electron chi connectivity index (χ4n) is 9.88. The Balaban J connectivity index is 1.19. The van der Waals surface area contributed by atoms with Gasteiger partial charge in [-0.25, -0.2) is 0 Å². The lowest BCUT2D eigenvalue weighted by Gasteiger charge is -2.35. The number of benzene rings is 10. The van der Waals surface area contributed by atoms with Crippen molar-refractivity contribution < 1.29 is 21.9 Å². The van der Waals surface area contributed by atoms with Crippen LogP contribution in [0, 0.1) is 3.57 Å². The van der Waals surface area contributed by atoms with Gasteiger partial charge in [-0.05, 0) is 116 Å². The van der Waals surface area contributed by atoms with Gasteiger partial charge in [-0.2, -0.15) is 0 Å². The molecule has 0 aliphatic heterocycles. The van der Waals surface area contributed by atoms with Gasteiger partial charge in [0.25, 0.3) is 0 Å². The predicted octanol–water partition coefficient (Wildman–Crippen LogP) is 13.0. The number of fused-ring (bicyclic) bond motifs is 9. The Labute approximate surface area is 413 Å². The maximum Gasteiger partial charge on any atom is 0.179 e. The third-order valence-electron chi connectivity index (χ3n) is 12.6. The van der Waals surface area contributed by atoms with Crippen LogP contribution in [0.1, 0.15) is 21.9 Å². The van der Waals surface area contributed by atoms with E-state index in [1.165, 1.54) is 9.13 Å². The van der Waals surface area contributed by atoms with Crippen LogP contribution in [0.2, 0.25) is 0 Å². The van der Waals surface area contributed by atoms with E-state index in [4.69, 9.17) is 16.4 Å². The van der Waals surface area contributed by atoms with E-state index in [-0.39, 0.29) is 55.0 Å². The number of para-hydroxylation sites is 4. The first-order valence-electron chi connectivity index (χ1n) is 28.9. The molecule has 0 amide bonds. The van der Waals surface area contributed by atoms with Crippen LogP contribution in [0.25, 0.3) is 82.5 Å². The Morgan fingerprint density at radius 2 is 0.692 bits per heavy atom. The van der Waals surface area contributed by atoms with Crippen molar-refractivity contribution in [1.82, 2.24) is 13.7 Å². The summed E-state index contributed by atoms with van der Waals surface area (Å²) in [5.41, 5.74) is 2.39. The highest BCUT2D eigenvalue weighted by Crippen LogP contribution is 2.40. The lowest BCUT2D eigenvalue weighted by Crippen LogP contribution is -2.74. The first kappa shape index (κ1) is 25.1. The van der Waals surface area contributed by atoms with Gasteiger partial charge in [-0.15, -0.1) is 0 Å². The quantitative estimate of drug-likeness (QED) is 0.0859. The smallest absolute Gasteiger partial charge is 0.179 e. The highest BCUT2D eigenvalue weighted by atomic mass is 127. The van der Waals surface area contributed by atoms with Gasteiger partial charge in [0, 0.05) is 47.3 Å². The number of aromatic nitrogens is 3. The fourth-order valence-corrected chi connectivity index (χ4v) is 15.2. The maximum absolute atomic E-state index is 9.31. The largest absolute Gasteiger partial charge is 0.309 e. The lowest BCUT2D eigenvalue weighted by molar-refractivity contribution is 1.15. The maximum atomic E-state index is 9.31. The second-order valence-corrected chi connectivity index (χ2v) is 20.8. The molecule has 3 aromatic heterocycles. The first-order valence-corrected chi connectivity index (χ1v) is 24.0. The van der Waals surface area contributed by atoms with Gasteiger partial charge in [0.15, 0.2) is 8.07 Å². The van der Waals surface area contributed by atoms with E-state index in [2.05, 4.69) is 118 Å². The molecule has 0 radical (unpaired) electrons. The zero-order valence-electron chi connectivity index (χ0n) is 50.1. The van der Waals surface area contributed by atoms with Gasteiger partial charge in [-0.3, -0.25) is 0 Å². The minimum atomic E-state index is -3.14. The molecule has 0 unspecified atom stereocenters. The summed E-state index contributed by atoms with van der Waals surface area (Å²) in [5, 5.41) is 5.28. The third kappa shape index (κ3) is 5.72. The van der Waals surface area contributed by atoms with Crippen molar-refractivity contribution in [2.24, 2.45) is 0 Å². The molecular weight excluding hydrogens is 918 g/mol. The molecule has 0 spiro atoms. The van der Waals surface area contributed by atoms with E-state index in [9.17, 15) is 5.48 Å². The Morgan fingerprint density at radius 3 is 1.08 bits per heavy atom. The van der Waals surface area contributed by atoms with Crippen molar-refractivity contribution >= 4 is 117 Å². The van der Waals surface area contributed by atoms with E-state index in [0.717, 1.165) is 30.0 Å². The highest BCUT2D eigenvalue weighted by molar-refractivity contribution is 14.1. The molecule has 0 aliphatic carbocycles. The minimum absolute atomic E-state index is 0.0633. The number of nitrogens with zero attached hydrogens (tertiary/aromatic N) is 3. The average molecular weight is 974 g/mol. The van der Waals surface area contributed by atoms with Crippen molar-refractivity contribution in [3.8, 4) is 17.1 Å². The first-order chi connectivity index (χ1) is 38.8. The second kappa shape index (κ2) is 15.1. The molecule has 0 saturated carbocycles. The normalized spacial score (nSPS) is 15.5. The molecule has 0 saturated heterocycles. The zero-order valence-corrected chi connectivity index (χ0v) is 37.2. The molecule has 65 heavy (non-hydrogen) atoms. The second-order valence-electron chi connectivity index (χ2n) is 15.8. The van der Waals surface area contributed by atoms with Gasteiger partial charge in [0.2, 0.25) is 0 Å². The SMILES string of the molecule is [2H]c1c([2H])c([2H])c2c(c1[2H])c1c([2H])c([2H])c([2H])c([2H])c1n2-c1ccc2c(c1)c1cc(-n3c4c([2H])c([2H])c([2H])c([2H])c4c4c([2H])c([2H])c([2H])c([2H])c43)ccc1n2-c1cc([Si](c2ccccc2)(c2ccccc2)c2ccccc2)ccc1I. The average Bonchev–Trinajstić information content (AvgIpc) is 4.34. The summed E-state index contributed by atoms with van der Waals surface area (Å²) in [6, 6.07) is 40.4. The van der Waals surface area contributed by atoms with E-state index >= 15 is 0 Å². The molecule has 0 N–H and O–H groups in total. The molecule has 0 fully saturated rings. The summed E-state index contributed by atoms with van der Waals surface area (Å²) in [4.78, 5) is 0. The van der Waals surface area contributed by atoms with Crippen molar-refractivity contribution in [2.45, 2.75) is 0 Å². The van der Waals surface area contributed by atoms with Crippen LogP contribution in [-0.2, 0) is 0 Å². The molecule has 0 atom stereocenters. The molecule has 3 nitrogen and oxygen atoms in total. The Hall–Kier alpha value is -7.45. The molecule has 0 bridgehead atoms. The van der Waals surface area contributed by atoms with Crippen LogP contribution >= 0.6 is 22.6 Å². The van der Waals surface area contributed by atoms with Crippen LogP contribution in [0.5, 0.6) is 0 Å². The summed E-state index contributed by atoms with van der Waals surface area (Å²) in [6.07, 6.45) is 0. The predicted molar refractivity (Wildman–Crippen MR) is 286 cm³/mol. The van der Waals surface area contributed by atoms with Gasteiger partial charge in [0.05, 0.1) is 60.7 Å². The molecule has 10 aromatic carbocycles. The van der Waals surface area contributed by atoms with E-state index in [1.54, 1.807) is 24.3 Å². The highest BCUT2D eigenvalue weighted by Gasteiger charge is 2.41. The summed E-state index contributed by atoms with van der Waals surface area (Å²) in [7, 11) is -3.14. The van der Waals surface area contributed by atoms with Gasteiger partial charge in [-0.1, -0.05) is 170 Å². The van der Waals surface area contributed by atoms with Crippen molar-refractivity contribution in [2.75, 3.05) is 0 Å². The van der Waals surface area contributed by atoms with E-state index in [0.29, 0.717) is 21.8 Å². The lowest BCUT2D eigenvalue weighted by atomic mass is 10.1. The van der Waals surface area contributed by atoms with E-state index < -0.39 is 105 Å². The minimum Gasteiger partial charge on any atom is -0.309 e. The van der Waals surface area contributed by atoms with Crippen LogP contribution in [0.4, 0.5) is 0 Å². The molecule has 0 aliphatic rings. The van der Waals surface area contributed by atoms with Gasteiger partial charge in [0.1, 0.15) is 0 Å². The molecular formula is C60H40IN3Si. The Bertz CT molecular complexity index is 4440. The van der Waals surface area contributed by atoms with E-state index in [1.807, 2.05) is 30.3 Å². The molecule has 13 aromatic rings. The monoisotopic (exact) mass is 973 g/mol. The van der Waals surface area contributed by atoms with Crippen molar-refractivity contribution in [3.63, 3.8) is 0 Å². The van der Waals surface area contributed by atoms with Crippen LogP contribution in [0.3, 0.4) is 0 Å². The molecule has 3 heterocycles. The van der Waals surface area contributed by atoms with Gasteiger partial charge >= 0.3 is 0 Å². The van der Waals surface area contributed by atoms with Crippen LogP contribution < -0.4 is 20.7 Å². The summed E-state index contributed by atoms with van der Waals surface area (Å²) < 4.78 is 150. The topological polar surface area (TPSA) is 14.8 Å². The summed E-state index contributed by atoms with van der Waals surface area (Å²) in [5.74, 6) is 0. The van der Waals surface area contributed by atoms with Gasteiger partial charge < -0.3 is 13.7 Å². The Kier molecular flexibility index (Phi) is 5.84. The summed E-state index contributed by atoms with van der Waals surface area (Å²) in [6.45, 7) is 0. The van der Waals surface area contributed by atoms with Crippen LogP contribution in [-0.4, -0.2) is 21.8 Å². The Morgan fingerprint density at radius 1 is 0.323 bits per heavy atom. The van der Waals surface area contributed by atoms with Crippen LogP contribution in [0.15, 0.2) is 242 Å². The number of halogens is 1. The number of hydrogen-bond acceptors (Lipinski definition) is 0. The molecule has 13 rings (SSSR count). The standard InChI is InChI=1S/C60H40IN3Si/c61-53-35-34-46(65(43-18-4-1-5-19-43,44-20-6-2-7-21-44)45-22-8-3-9-23-45)40-60(53)64-58-36-32-41(62-54-28-14-10-24-47(54)48-25-11-15-29-55(48)62)38-51(58)52-39-42(33-37-59(52)64)63-56-30-16-12-26-49(56)50-27-13-17-31-57(50)63/h1-40H/i10D,11D,12D,13D,14D,15D,16D,17D,24D,25D,26D,27D,28D,29D,30D,31D. The third-order valence-corrected chi connectivity index (χ3v) is 18.2.